The van der Waals surface area contributed by atoms with Crippen molar-refractivity contribution in [1.82, 2.24) is 14.8 Å². The van der Waals surface area contributed by atoms with Gasteiger partial charge < -0.3 is 20.5 Å². The summed E-state index contributed by atoms with van der Waals surface area (Å²) in [6.07, 6.45) is -2.86. The molecule has 0 fully saturated rings. The van der Waals surface area contributed by atoms with Crippen LogP contribution in [0.1, 0.15) is 16.1 Å². The number of halogens is 5. The summed E-state index contributed by atoms with van der Waals surface area (Å²) in [4.78, 5) is 16.5. The minimum Gasteiger partial charge on any atom is -0.494 e. The van der Waals surface area contributed by atoms with Gasteiger partial charge in [-0.1, -0.05) is 23.7 Å². The molecular formula is C23H16ClF4N5O3. The van der Waals surface area contributed by atoms with Gasteiger partial charge in [-0.3, -0.25) is 4.79 Å². The quantitative estimate of drug-likeness (QED) is 0.315. The zero-order valence-electron chi connectivity index (χ0n) is 18.3. The van der Waals surface area contributed by atoms with Crippen LogP contribution in [0.4, 0.5) is 29.1 Å². The summed E-state index contributed by atoms with van der Waals surface area (Å²) in [6.45, 7) is 0. The molecule has 36 heavy (non-hydrogen) atoms. The maximum absolute atomic E-state index is 14.6. The minimum atomic E-state index is -4.95. The predicted molar refractivity (Wildman–Crippen MR) is 123 cm³/mol. The Morgan fingerprint density at radius 2 is 1.86 bits per heavy atom. The van der Waals surface area contributed by atoms with Gasteiger partial charge in [0.05, 0.1) is 18.9 Å². The van der Waals surface area contributed by atoms with E-state index in [0.29, 0.717) is 4.68 Å². The second-order valence-electron chi connectivity index (χ2n) is 7.20. The molecule has 0 spiro atoms. The lowest BCUT2D eigenvalue weighted by atomic mass is 10.2. The molecule has 4 rings (SSSR count). The molecule has 0 aliphatic carbocycles. The molecule has 8 nitrogen and oxygen atoms in total. The summed E-state index contributed by atoms with van der Waals surface area (Å²) in [5, 5.41) is 5.97. The first-order chi connectivity index (χ1) is 17.1. The van der Waals surface area contributed by atoms with Crippen LogP contribution in [0.3, 0.4) is 0 Å². The highest BCUT2D eigenvalue weighted by Crippen LogP contribution is 2.37. The Bertz CT molecular complexity index is 1440. The van der Waals surface area contributed by atoms with Crippen LogP contribution in [-0.4, -0.2) is 27.8 Å². The van der Waals surface area contributed by atoms with Crippen molar-refractivity contribution >= 4 is 29.0 Å². The van der Waals surface area contributed by atoms with Crippen LogP contribution >= 0.6 is 11.6 Å². The highest BCUT2D eigenvalue weighted by molar-refractivity contribution is 6.34. The van der Waals surface area contributed by atoms with Crippen molar-refractivity contribution in [2.24, 2.45) is 0 Å². The fourth-order valence-corrected chi connectivity index (χ4v) is 3.42. The largest absolute Gasteiger partial charge is 0.494 e. The van der Waals surface area contributed by atoms with Crippen molar-refractivity contribution in [3.63, 3.8) is 0 Å². The van der Waals surface area contributed by atoms with Crippen LogP contribution in [0.15, 0.2) is 60.9 Å². The number of nitrogen functional groups attached to an aromatic ring is 1. The Labute approximate surface area is 206 Å². The van der Waals surface area contributed by atoms with E-state index >= 15 is 0 Å². The normalized spacial score (nSPS) is 11.3. The average molecular weight is 522 g/mol. The average Bonchev–Trinajstić information content (AvgIpc) is 3.29. The van der Waals surface area contributed by atoms with Crippen molar-refractivity contribution in [2.75, 3.05) is 18.2 Å². The lowest BCUT2D eigenvalue weighted by Gasteiger charge is -2.15. The Balaban J connectivity index is 1.62. The first kappa shape index (κ1) is 24.8. The highest BCUT2D eigenvalue weighted by Gasteiger charge is 2.41. The van der Waals surface area contributed by atoms with E-state index in [-0.39, 0.29) is 39.5 Å². The second kappa shape index (κ2) is 9.74. The number of alkyl halides is 3. The fraction of sp³-hybridized carbons (Fsp3) is 0.0870. The number of hydrogen-bond donors (Lipinski definition) is 2. The molecule has 1 amide bonds. The first-order valence-corrected chi connectivity index (χ1v) is 10.4. The van der Waals surface area contributed by atoms with Gasteiger partial charge >= 0.3 is 6.18 Å². The maximum Gasteiger partial charge on any atom is 0.434 e. The number of nitrogens with two attached hydrogens (primary N) is 1. The van der Waals surface area contributed by atoms with E-state index in [9.17, 15) is 22.4 Å². The predicted octanol–water partition coefficient (Wildman–Crippen LogP) is 5.71. The number of hydrogen-bond acceptors (Lipinski definition) is 6. The molecule has 0 saturated heterocycles. The molecular weight excluding hydrogens is 506 g/mol. The molecule has 0 radical (unpaired) electrons. The van der Waals surface area contributed by atoms with E-state index in [1.165, 1.54) is 49.7 Å². The lowest BCUT2D eigenvalue weighted by molar-refractivity contribution is -0.143. The van der Waals surface area contributed by atoms with E-state index < -0.39 is 29.2 Å². The maximum atomic E-state index is 14.6. The van der Waals surface area contributed by atoms with Gasteiger partial charge in [-0.25, -0.2) is 14.1 Å². The van der Waals surface area contributed by atoms with Gasteiger partial charge in [0.25, 0.3) is 5.91 Å². The van der Waals surface area contributed by atoms with Gasteiger partial charge in [-0.05, 0) is 24.3 Å². The molecule has 3 N–H and O–H groups in total. The van der Waals surface area contributed by atoms with Gasteiger partial charge in [0.1, 0.15) is 22.3 Å². The van der Waals surface area contributed by atoms with Gasteiger partial charge in [0, 0.05) is 24.0 Å². The number of anilines is 2. The molecule has 0 saturated carbocycles. The molecule has 2 heterocycles. The number of rotatable bonds is 6. The minimum absolute atomic E-state index is 0.0191. The van der Waals surface area contributed by atoms with E-state index in [0.717, 1.165) is 12.3 Å². The fourth-order valence-electron chi connectivity index (χ4n) is 3.27. The summed E-state index contributed by atoms with van der Waals surface area (Å²) >= 11 is 5.98. The summed E-state index contributed by atoms with van der Waals surface area (Å²) in [5.74, 6) is -2.19. The zero-order chi connectivity index (χ0) is 26.0. The molecule has 186 valence electrons. The molecule has 2 aromatic heterocycles. The monoisotopic (exact) mass is 521 g/mol. The topological polar surface area (TPSA) is 104 Å². The molecule has 0 bridgehead atoms. The van der Waals surface area contributed by atoms with Crippen LogP contribution in [0.5, 0.6) is 17.2 Å². The van der Waals surface area contributed by atoms with Gasteiger partial charge in [0.2, 0.25) is 0 Å². The molecule has 0 unspecified atom stereocenters. The Morgan fingerprint density at radius 1 is 1.11 bits per heavy atom. The van der Waals surface area contributed by atoms with Gasteiger partial charge in [-0.2, -0.15) is 18.3 Å². The van der Waals surface area contributed by atoms with Crippen molar-refractivity contribution in [3.8, 4) is 22.9 Å². The van der Waals surface area contributed by atoms with Crippen molar-refractivity contribution in [2.45, 2.75) is 6.18 Å². The third-order valence-electron chi connectivity index (χ3n) is 4.89. The third-order valence-corrected chi connectivity index (χ3v) is 5.27. The summed E-state index contributed by atoms with van der Waals surface area (Å²) in [7, 11) is 1.29. The number of para-hydroxylation sites is 2. The van der Waals surface area contributed by atoms with E-state index in [2.05, 4.69) is 15.4 Å². The zero-order valence-corrected chi connectivity index (χ0v) is 19.1. The molecule has 0 aliphatic rings. The number of ether oxygens (including phenoxy) is 2. The number of carbonyl (C=O) groups excluding carboxylic acids is 1. The van der Waals surface area contributed by atoms with Crippen LogP contribution in [0, 0.1) is 5.82 Å². The molecule has 0 atom stereocenters. The standard InChI is InChI=1S/C23H16ClF4N5O3/c1-35-17-5-3-2-4-15(17)33-20(23(26,27)28)13(11-31-33)22(34)32-12-6-7-16(14(25)10-12)36-18-8-9-30-21(29)19(18)24/h2-11H,1H3,(H2,29,30)(H,32,34). The number of amides is 1. The number of methoxy groups -OCH3 is 1. The van der Waals surface area contributed by atoms with E-state index in [1.54, 1.807) is 6.07 Å². The van der Waals surface area contributed by atoms with Crippen LogP contribution < -0.4 is 20.5 Å². The van der Waals surface area contributed by atoms with Crippen molar-refractivity contribution in [1.29, 1.82) is 0 Å². The van der Waals surface area contributed by atoms with Crippen LogP contribution in [-0.2, 0) is 6.18 Å². The van der Waals surface area contributed by atoms with Crippen molar-refractivity contribution < 1.29 is 31.8 Å². The summed E-state index contributed by atoms with van der Waals surface area (Å²) < 4.78 is 67.6. The van der Waals surface area contributed by atoms with Crippen molar-refractivity contribution in [3.05, 3.63) is 83.0 Å². The number of nitrogens with one attached hydrogen (secondary N) is 1. The Hall–Kier alpha value is -4.32. The first-order valence-electron chi connectivity index (χ1n) is 10.1. The molecule has 4 aromatic rings. The second-order valence-corrected chi connectivity index (χ2v) is 7.58. The smallest absolute Gasteiger partial charge is 0.434 e. The van der Waals surface area contributed by atoms with Crippen LogP contribution in [0.25, 0.3) is 5.69 Å². The number of pyridine rings is 1. The third kappa shape index (κ3) is 4.89. The molecule has 13 heteroatoms. The SMILES string of the molecule is COc1ccccc1-n1ncc(C(=O)Nc2ccc(Oc3ccnc(N)c3Cl)c(F)c2)c1C(F)(F)F. The van der Waals surface area contributed by atoms with Gasteiger partial charge in [-0.15, -0.1) is 0 Å². The van der Waals surface area contributed by atoms with E-state index in [1.807, 2.05) is 0 Å². The van der Waals surface area contributed by atoms with Gasteiger partial charge in [0.15, 0.2) is 23.0 Å². The molecule has 2 aromatic carbocycles. The summed E-state index contributed by atoms with van der Waals surface area (Å²) in [6, 6.07) is 10.5. The molecule has 0 aliphatic heterocycles. The number of carbonyl (C=O) groups is 1. The Kier molecular flexibility index (Phi) is 6.71. The summed E-state index contributed by atoms with van der Waals surface area (Å²) in [5.41, 5.74) is 3.35. The number of benzene rings is 2. The highest BCUT2D eigenvalue weighted by atomic mass is 35.5. The number of aromatic nitrogens is 3. The lowest BCUT2D eigenvalue weighted by Crippen LogP contribution is -2.21. The van der Waals surface area contributed by atoms with E-state index in [4.69, 9.17) is 26.8 Å². The van der Waals surface area contributed by atoms with Crippen LogP contribution in [0.2, 0.25) is 5.02 Å². The number of nitrogens with zero attached hydrogens (tertiary/aromatic N) is 3. The Morgan fingerprint density at radius 3 is 2.56 bits per heavy atom.